The highest BCUT2D eigenvalue weighted by molar-refractivity contribution is 6.30. The normalized spacial score (nSPS) is 17.0. The monoisotopic (exact) mass is 367 g/mol. The van der Waals surface area contributed by atoms with Gasteiger partial charge in [-0.2, -0.15) is 5.26 Å². The lowest BCUT2D eigenvalue weighted by molar-refractivity contribution is 0.648. The molecule has 1 fully saturated rings. The van der Waals surface area contributed by atoms with Gasteiger partial charge in [-0.25, -0.2) is 0 Å². The molecule has 1 atom stereocenters. The highest BCUT2D eigenvalue weighted by Crippen LogP contribution is 2.23. The zero-order valence-corrected chi connectivity index (χ0v) is 15.5. The number of rotatable bonds is 4. The summed E-state index contributed by atoms with van der Waals surface area (Å²) >= 11 is 6.10. The third-order valence-corrected chi connectivity index (χ3v) is 4.68. The number of halogens is 1. The molecule has 0 saturated carbocycles. The Morgan fingerprint density at radius 2 is 2.15 bits per heavy atom. The fraction of sp³-hybridized carbons (Fsp3) is 0.300. The second-order valence-corrected chi connectivity index (χ2v) is 6.73. The van der Waals surface area contributed by atoms with Crippen LogP contribution in [0.15, 0.2) is 53.5 Å². The Morgan fingerprint density at radius 1 is 1.31 bits per heavy atom. The van der Waals surface area contributed by atoms with E-state index >= 15 is 0 Å². The van der Waals surface area contributed by atoms with Crippen molar-refractivity contribution in [3.8, 4) is 6.07 Å². The third-order valence-electron chi connectivity index (χ3n) is 4.44. The first-order chi connectivity index (χ1) is 12.7. The van der Waals surface area contributed by atoms with Crippen LogP contribution in [0, 0.1) is 11.3 Å². The molecule has 6 heteroatoms. The molecular formula is C20H22ClN5. The van der Waals surface area contributed by atoms with Crippen LogP contribution < -0.4 is 15.5 Å². The molecule has 1 aliphatic rings. The molecule has 26 heavy (non-hydrogen) atoms. The molecule has 0 aliphatic carbocycles. The Hall–Kier alpha value is -2.71. The summed E-state index contributed by atoms with van der Waals surface area (Å²) in [5.41, 5.74) is 2.87. The molecule has 2 aromatic rings. The number of benzene rings is 2. The summed E-state index contributed by atoms with van der Waals surface area (Å²) < 4.78 is 0. The molecule has 0 radical (unpaired) electrons. The van der Waals surface area contributed by atoms with Gasteiger partial charge in [-0.1, -0.05) is 29.8 Å². The van der Waals surface area contributed by atoms with E-state index in [1.54, 1.807) is 13.1 Å². The second kappa shape index (κ2) is 8.59. The molecule has 3 rings (SSSR count). The van der Waals surface area contributed by atoms with Crippen LogP contribution in [0.25, 0.3) is 0 Å². The van der Waals surface area contributed by atoms with Crippen LogP contribution in [-0.4, -0.2) is 32.1 Å². The van der Waals surface area contributed by atoms with Crippen molar-refractivity contribution in [3.63, 3.8) is 0 Å². The molecule has 0 amide bonds. The Kier molecular flexibility index (Phi) is 5.98. The lowest BCUT2D eigenvalue weighted by atomic mass is 10.1. The standard InChI is InChI=1S/C20H22ClN5/c1-23-20(24-13-16-5-2-4-15(10-16)12-22)25-18-8-9-26(14-18)19-7-3-6-17(21)11-19/h2-7,10-11,18H,8-9,13-14H2,1H3,(H2,23,24,25). The molecule has 2 N–H and O–H groups in total. The fourth-order valence-electron chi connectivity index (χ4n) is 3.11. The highest BCUT2D eigenvalue weighted by atomic mass is 35.5. The van der Waals surface area contributed by atoms with Crippen molar-refractivity contribution < 1.29 is 0 Å². The van der Waals surface area contributed by atoms with Crippen LogP contribution in [0.1, 0.15) is 17.5 Å². The summed E-state index contributed by atoms with van der Waals surface area (Å²) in [7, 11) is 1.77. The summed E-state index contributed by atoms with van der Waals surface area (Å²) in [6, 6.07) is 18.0. The van der Waals surface area contributed by atoms with Crippen molar-refractivity contribution in [2.75, 3.05) is 25.0 Å². The molecule has 0 aromatic heterocycles. The lowest BCUT2D eigenvalue weighted by Crippen LogP contribution is -2.44. The topological polar surface area (TPSA) is 63.5 Å². The van der Waals surface area contributed by atoms with Crippen molar-refractivity contribution >= 4 is 23.2 Å². The summed E-state index contributed by atoms with van der Waals surface area (Å²) in [6.07, 6.45) is 1.04. The largest absolute Gasteiger partial charge is 0.369 e. The maximum absolute atomic E-state index is 8.99. The van der Waals surface area contributed by atoms with Gasteiger partial charge in [-0.05, 0) is 42.3 Å². The molecule has 1 unspecified atom stereocenters. The Labute approximate surface area is 159 Å². The van der Waals surface area contributed by atoms with E-state index in [0.29, 0.717) is 18.2 Å². The summed E-state index contributed by atoms with van der Waals surface area (Å²) in [4.78, 5) is 6.64. The minimum Gasteiger partial charge on any atom is -0.369 e. The van der Waals surface area contributed by atoms with Crippen molar-refractivity contribution in [3.05, 3.63) is 64.7 Å². The molecule has 0 spiro atoms. The number of guanidine groups is 1. The maximum atomic E-state index is 8.99. The van der Waals surface area contributed by atoms with Crippen LogP contribution >= 0.6 is 11.6 Å². The van der Waals surface area contributed by atoms with Gasteiger partial charge in [-0.3, -0.25) is 4.99 Å². The average molecular weight is 368 g/mol. The minimum absolute atomic E-state index is 0.325. The van der Waals surface area contributed by atoms with Crippen LogP contribution in [-0.2, 0) is 6.54 Å². The Morgan fingerprint density at radius 3 is 2.92 bits per heavy atom. The predicted molar refractivity (Wildman–Crippen MR) is 107 cm³/mol. The van der Waals surface area contributed by atoms with Crippen molar-refractivity contribution in [2.24, 2.45) is 4.99 Å². The number of anilines is 1. The van der Waals surface area contributed by atoms with Gasteiger partial charge >= 0.3 is 0 Å². The molecule has 134 valence electrons. The van der Waals surface area contributed by atoms with Crippen LogP contribution in [0.3, 0.4) is 0 Å². The number of hydrogen-bond donors (Lipinski definition) is 2. The van der Waals surface area contributed by atoms with Gasteiger partial charge in [0, 0.05) is 43.4 Å². The third kappa shape index (κ3) is 4.68. The van der Waals surface area contributed by atoms with Gasteiger partial charge in [0.25, 0.3) is 0 Å². The highest BCUT2D eigenvalue weighted by Gasteiger charge is 2.23. The number of nitrogens with zero attached hydrogens (tertiary/aromatic N) is 3. The molecule has 0 bridgehead atoms. The van der Waals surface area contributed by atoms with E-state index in [0.717, 1.165) is 41.7 Å². The van der Waals surface area contributed by atoms with E-state index in [1.807, 2.05) is 36.4 Å². The van der Waals surface area contributed by atoms with Crippen LogP contribution in [0.2, 0.25) is 5.02 Å². The van der Waals surface area contributed by atoms with Crippen molar-refractivity contribution in [1.29, 1.82) is 5.26 Å². The van der Waals surface area contributed by atoms with Gasteiger partial charge in [0.1, 0.15) is 0 Å². The smallest absolute Gasteiger partial charge is 0.191 e. The van der Waals surface area contributed by atoms with Gasteiger partial charge in [0.2, 0.25) is 0 Å². The van der Waals surface area contributed by atoms with Crippen molar-refractivity contribution in [2.45, 2.75) is 19.0 Å². The fourth-order valence-corrected chi connectivity index (χ4v) is 3.29. The van der Waals surface area contributed by atoms with E-state index in [1.165, 1.54) is 0 Å². The number of nitriles is 1. The first-order valence-electron chi connectivity index (χ1n) is 8.64. The molecular weight excluding hydrogens is 346 g/mol. The van der Waals surface area contributed by atoms with E-state index < -0.39 is 0 Å². The van der Waals surface area contributed by atoms with E-state index in [-0.39, 0.29) is 0 Å². The predicted octanol–water partition coefficient (Wildman–Crippen LogP) is 3.16. The maximum Gasteiger partial charge on any atom is 0.191 e. The van der Waals surface area contributed by atoms with E-state index in [2.05, 4.69) is 32.7 Å². The van der Waals surface area contributed by atoms with Gasteiger partial charge in [0.05, 0.1) is 11.6 Å². The Balaban J connectivity index is 1.53. The van der Waals surface area contributed by atoms with E-state index in [9.17, 15) is 0 Å². The summed E-state index contributed by atoms with van der Waals surface area (Å²) in [6.45, 7) is 2.52. The summed E-state index contributed by atoms with van der Waals surface area (Å²) in [5.74, 6) is 0.769. The van der Waals surface area contributed by atoms with Gasteiger partial charge in [0.15, 0.2) is 5.96 Å². The Bertz CT molecular complexity index is 827. The van der Waals surface area contributed by atoms with E-state index in [4.69, 9.17) is 16.9 Å². The first kappa shape index (κ1) is 18.1. The average Bonchev–Trinajstić information content (AvgIpc) is 3.14. The molecule has 5 nitrogen and oxygen atoms in total. The summed E-state index contributed by atoms with van der Waals surface area (Å²) in [5, 5.41) is 16.5. The van der Waals surface area contributed by atoms with Crippen molar-refractivity contribution in [1.82, 2.24) is 10.6 Å². The first-order valence-corrected chi connectivity index (χ1v) is 9.02. The number of nitrogens with one attached hydrogen (secondary N) is 2. The molecule has 2 aromatic carbocycles. The second-order valence-electron chi connectivity index (χ2n) is 6.29. The zero-order chi connectivity index (χ0) is 18.4. The number of hydrogen-bond acceptors (Lipinski definition) is 3. The lowest BCUT2D eigenvalue weighted by Gasteiger charge is -2.20. The van der Waals surface area contributed by atoms with Gasteiger partial charge in [-0.15, -0.1) is 0 Å². The molecule has 1 heterocycles. The SMILES string of the molecule is CN=C(NCc1cccc(C#N)c1)NC1CCN(c2cccc(Cl)c2)C1. The number of aliphatic imine (C=N–C) groups is 1. The van der Waals surface area contributed by atoms with Crippen LogP contribution in [0.4, 0.5) is 5.69 Å². The zero-order valence-electron chi connectivity index (χ0n) is 14.7. The van der Waals surface area contributed by atoms with Crippen LogP contribution in [0.5, 0.6) is 0 Å². The molecule has 1 aliphatic heterocycles. The minimum atomic E-state index is 0.325. The van der Waals surface area contributed by atoms with Gasteiger partial charge < -0.3 is 15.5 Å². The quantitative estimate of drug-likeness (QED) is 0.643. The molecule has 1 saturated heterocycles.